The van der Waals surface area contributed by atoms with Gasteiger partial charge < -0.3 is 24.3 Å². The first-order chi connectivity index (χ1) is 14.4. The van der Waals surface area contributed by atoms with Crippen LogP contribution in [0.25, 0.3) is 6.08 Å². The van der Waals surface area contributed by atoms with Crippen LogP contribution in [0.4, 0.5) is 5.00 Å². The molecule has 0 bridgehead atoms. The van der Waals surface area contributed by atoms with Gasteiger partial charge in [-0.25, -0.2) is 9.59 Å². The quantitative estimate of drug-likeness (QED) is 0.478. The molecule has 0 saturated heterocycles. The Morgan fingerprint density at radius 3 is 2.53 bits per heavy atom. The molecule has 1 N–H and O–H groups in total. The predicted molar refractivity (Wildman–Crippen MR) is 113 cm³/mol. The highest BCUT2D eigenvalue weighted by molar-refractivity contribution is 7.18. The number of esters is 2. The summed E-state index contributed by atoms with van der Waals surface area (Å²) in [5, 5.41) is 3.06. The number of hydrogen-bond acceptors (Lipinski definition) is 8. The van der Waals surface area contributed by atoms with Crippen molar-refractivity contribution < 1.29 is 33.3 Å². The van der Waals surface area contributed by atoms with Crippen molar-refractivity contribution in [2.45, 2.75) is 13.8 Å². The minimum absolute atomic E-state index is 0.268. The average Bonchev–Trinajstić information content (AvgIpc) is 3.10. The fraction of sp³-hybridized carbons (Fsp3) is 0.286. The maximum absolute atomic E-state index is 12.0. The van der Waals surface area contributed by atoms with Gasteiger partial charge in [0, 0.05) is 17.7 Å². The van der Waals surface area contributed by atoms with Gasteiger partial charge in [-0.2, -0.15) is 0 Å². The number of carbonyl (C=O) groups is 3. The predicted octanol–water partition coefficient (Wildman–Crippen LogP) is 3.45. The Balaban J connectivity index is 1.89. The molecule has 0 saturated carbocycles. The molecule has 1 amide bonds. The van der Waals surface area contributed by atoms with Crippen LogP contribution >= 0.6 is 11.3 Å². The van der Waals surface area contributed by atoms with E-state index in [1.54, 1.807) is 45.2 Å². The van der Waals surface area contributed by atoms with Crippen molar-refractivity contribution in [1.29, 1.82) is 0 Å². The van der Waals surface area contributed by atoms with E-state index in [9.17, 15) is 14.4 Å². The smallest absolute Gasteiger partial charge is 0.348 e. The second kappa shape index (κ2) is 11.0. The zero-order valence-electron chi connectivity index (χ0n) is 17.1. The number of benzene rings is 1. The summed E-state index contributed by atoms with van der Waals surface area (Å²) in [6, 6.07) is 6.81. The lowest BCUT2D eigenvalue weighted by Crippen LogP contribution is -2.19. The van der Waals surface area contributed by atoms with Gasteiger partial charge in [-0.15, -0.1) is 11.3 Å². The molecular weight excluding hydrogens is 410 g/mol. The Bertz CT molecular complexity index is 949. The van der Waals surface area contributed by atoms with E-state index in [1.807, 2.05) is 0 Å². The van der Waals surface area contributed by atoms with Gasteiger partial charge in [0.25, 0.3) is 5.91 Å². The van der Waals surface area contributed by atoms with Crippen LogP contribution < -0.4 is 14.8 Å². The van der Waals surface area contributed by atoms with Gasteiger partial charge in [0.15, 0.2) is 6.61 Å². The molecule has 1 heterocycles. The Labute approximate surface area is 178 Å². The fourth-order valence-electron chi connectivity index (χ4n) is 2.42. The Kier molecular flexibility index (Phi) is 8.42. The van der Waals surface area contributed by atoms with E-state index in [2.05, 4.69) is 5.32 Å². The highest BCUT2D eigenvalue weighted by Crippen LogP contribution is 2.27. The summed E-state index contributed by atoms with van der Waals surface area (Å²) < 4.78 is 20.3. The van der Waals surface area contributed by atoms with Crippen molar-refractivity contribution in [3.63, 3.8) is 0 Å². The van der Waals surface area contributed by atoms with Crippen molar-refractivity contribution >= 4 is 40.3 Å². The number of hydrogen-bond donors (Lipinski definition) is 1. The highest BCUT2D eigenvalue weighted by atomic mass is 32.1. The third kappa shape index (κ3) is 6.35. The van der Waals surface area contributed by atoms with E-state index in [0.29, 0.717) is 32.5 Å². The first kappa shape index (κ1) is 23.0. The lowest BCUT2D eigenvalue weighted by molar-refractivity contribution is -0.142. The van der Waals surface area contributed by atoms with E-state index in [-0.39, 0.29) is 6.61 Å². The number of ether oxygens (including phenoxy) is 4. The van der Waals surface area contributed by atoms with Gasteiger partial charge in [0.2, 0.25) is 0 Å². The zero-order valence-corrected chi connectivity index (χ0v) is 18.0. The number of carbonyl (C=O) groups excluding carboxylic acids is 3. The molecule has 2 rings (SSSR count). The van der Waals surface area contributed by atoms with E-state index >= 15 is 0 Å². The lowest BCUT2D eigenvalue weighted by atomic mass is 10.2. The average molecular weight is 433 g/mol. The van der Waals surface area contributed by atoms with Gasteiger partial charge in [-0.1, -0.05) is 0 Å². The van der Waals surface area contributed by atoms with E-state index in [4.69, 9.17) is 18.9 Å². The normalized spacial score (nSPS) is 10.5. The topological polar surface area (TPSA) is 100 Å². The fourth-order valence-corrected chi connectivity index (χ4v) is 3.40. The summed E-state index contributed by atoms with van der Waals surface area (Å²) in [7, 11) is 3.05. The molecule has 0 radical (unpaired) electrons. The summed E-state index contributed by atoms with van der Waals surface area (Å²) in [5.74, 6) is -0.487. The number of methoxy groups -OCH3 is 2. The van der Waals surface area contributed by atoms with Gasteiger partial charge in [0.1, 0.15) is 16.4 Å². The van der Waals surface area contributed by atoms with Gasteiger partial charge in [-0.3, -0.25) is 4.79 Å². The molecule has 0 spiro atoms. The summed E-state index contributed by atoms with van der Waals surface area (Å²) in [6.07, 6.45) is 2.72. The van der Waals surface area contributed by atoms with Crippen LogP contribution in [0.15, 0.2) is 30.3 Å². The second-order valence-electron chi connectivity index (χ2n) is 5.94. The van der Waals surface area contributed by atoms with E-state index in [0.717, 1.165) is 11.3 Å². The Morgan fingerprint density at radius 2 is 1.87 bits per heavy atom. The number of anilines is 1. The van der Waals surface area contributed by atoms with Crippen LogP contribution in [0, 0.1) is 6.92 Å². The maximum Gasteiger partial charge on any atom is 0.348 e. The lowest BCUT2D eigenvalue weighted by Gasteiger charge is -2.07. The minimum atomic E-state index is -0.683. The molecule has 9 heteroatoms. The van der Waals surface area contributed by atoms with E-state index < -0.39 is 24.5 Å². The van der Waals surface area contributed by atoms with Crippen LogP contribution in [0.3, 0.4) is 0 Å². The molecule has 0 unspecified atom stereocenters. The SMILES string of the molecule is CCOC(=O)c1sc(NC(=O)COC(=O)/C=C/c2ccc(OC)cc2OC)cc1C. The molecule has 1 aromatic carbocycles. The van der Waals surface area contributed by atoms with Crippen LogP contribution in [0.5, 0.6) is 11.5 Å². The van der Waals surface area contributed by atoms with Crippen LogP contribution in [-0.2, 0) is 19.1 Å². The van der Waals surface area contributed by atoms with Gasteiger partial charge >= 0.3 is 11.9 Å². The first-order valence-electron chi connectivity index (χ1n) is 9.02. The van der Waals surface area contributed by atoms with Crippen molar-refractivity contribution in [3.05, 3.63) is 46.3 Å². The molecule has 2 aromatic rings. The number of nitrogens with one attached hydrogen (secondary N) is 1. The molecule has 30 heavy (non-hydrogen) atoms. The standard InChI is InChI=1S/C21H23NO7S/c1-5-28-21(25)20-13(2)10-18(30-20)22-17(23)12-29-19(24)9-7-14-6-8-15(26-3)11-16(14)27-4/h6-11H,5,12H2,1-4H3,(H,22,23)/b9-7+. The molecule has 160 valence electrons. The largest absolute Gasteiger partial charge is 0.497 e. The number of thiophene rings is 1. The van der Waals surface area contributed by atoms with Gasteiger partial charge in [-0.05, 0) is 43.7 Å². The molecular formula is C21H23NO7S. The summed E-state index contributed by atoms with van der Waals surface area (Å²) in [5.41, 5.74) is 1.35. The van der Waals surface area contributed by atoms with Crippen LogP contribution in [0.1, 0.15) is 27.7 Å². The molecule has 0 atom stereocenters. The highest BCUT2D eigenvalue weighted by Gasteiger charge is 2.16. The summed E-state index contributed by atoms with van der Waals surface area (Å²) >= 11 is 1.10. The molecule has 0 aliphatic carbocycles. The molecule has 0 aliphatic rings. The van der Waals surface area contributed by atoms with Crippen LogP contribution in [0.2, 0.25) is 0 Å². The van der Waals surface area contributed by atoms with E-state index in [1.165, 1.54) is 19.3 Å². The zero-order chi connectivity index (χ0) is 22.1. The summed E-state index contributed by atoms with van der Waals surface area (Å²) in [4.78, 5) is 36.2. The Morgan fingerprint density at radius 1 is 1.10 bits per heavy atom. The van der Waals surface area contributed by atoms with Crippen molar-refractivity contribution in [3.8, 4) is 11.5 Å². The molecule has 0 aliphatic heterocycles. The maximum atomic E-state index is 12.0. The third-order valence-electron chi connectivity index (χ3n) is 3.83. The number of rotatable bonds is 9. The van der Waals surface area contributed by atoms with Gasteiger partial charge in [0.05, 0.1) is 25.8 Å². The number of aryl methyl sites for hydroxylation is 1. The molecule has 8 nitrogen and oxygen atoms in total. The number of amides is 1. The van der Waals surface area contributed by atoms with Crippen molar-refractivity contribution in [1.82, 2.24) is 0 Å². The monoisotopic (exact) mass is 433 g/mol. The first-order valence-corrected chi connectivity index (χ1v) is 9.83. The summed E-state index contributed by atoms with van der Waals surface area (Å²) in [6.45, 7) is 3.27. The van der Waals surface area contributed by atoms with Crippen molar-refractivity contribution in [2.75, 3.05) is 32.8 Å². The van der Waals surface area contributed by atoms with Crippen molar-refractivity contribution in [2.24, 2.45) is 0 Å². The second-order valence-corrected chi connectivity index (χ2v) is 6.99. The van der Waals surface area contributed by atoms with Crippen LogP contribution in [-0.4, -0.2) is 45.3 Å². The molecule has 0 fully saturated rings. The molecule has 1 aromatic heterocycles. The Hall–Kier alpha value is -3.33. The minimum Gasteiger partial charge on any atom is -0.497 e. The third-order valence-corrected chi connectivity index (χ3v) is 4.96.